The van der Waals surface area contributed by atoms with Gasteiger partial charge in [-0.1, -0.05) is 26.8 Å². The maximum absolute atomic E-state index is 12.4. The van der Waals surface area contributed by atoms with E-state index in [1.807, 2.05) is 24.3 Å². The van der Waals surface area contributed by atoms with Crippen LogP contribution in [0, 0.1) is 0 Å². The van der Waals surface area contributed by atoms with E-state index < -0.39 is 0 Å². The first kappa shape index (κ1) is 20.4. The number of carbonyl (C=O) groups is 1. The van der Waals surface area contributed by atoms with Crippen molar-refractivity contribution in [2.75, 3.05) is 26.6 Å². The molecule has 0 atom stereocenters. The van der Waals surface area contributed by atoms with Gasteiger partial charge in [0.15, 0.2) is 0 Å². The van der Waals surface area contributed by atoms with Crippen LogP contribution in [0.3, 0.4) is 0 Å². The van der Waals surface area contributed by atoms with Gasteiger partial charge in [0, 0.05) is 11.6 Å². The van der Waals surface area contributed by atoms with E-state index >= 15 is 0 Å². The lowest BCUT2D eigenvalue weighted by atomic mass is 9.87. The molecule has 0 aliphatic carbocycles. The number of amides is 1. The number of hydrogen-bond donors (Lipinski definition) is 1. The third kappa shape index (κ3) is 5.26. The summed E-state index contributed by atoms with van der Waals surface area (Å²) < 4.78 is 15.9. The zero-order chi connectivity index (χ0) is 20.0. The van der Waals surface area contributed by atoms with Crippen LogP contribution in [0.4, 0.5) is 5.69 Å². The van der Waals surface area contributed by atoms with E-state index in [1.54, 1.807) is 39.5 Å². The Labute approximate surface area is 161 Å². The monoisotopic (exact) mass is 369 g/mol. The molecule has 0 saturated heterocycles. The standard InChI is InChI=1S/C22H27NO4/c1-22(2,3)16-8-10-20(27-6)18(14-16)23-21(24)12-7-15-13-17(25-4)9-11-19(15)26-5/h7-14H,1-6H3,(H,23,24)/b12-7+. The van der Waals surface area contributed by atoms with Gasteiger partial charge in [0.25, 0.3) is 0 Å². The highest BCUT2D eigenvalue weighted by Crippen LogP contribution is 2.31. The van der Waals surface area contributed by atoms with Crippen molar-refractivity contribution in [3.05, 3.63) is 53.6 Å². The fraction of sp³-hybridized carbons (Fsp3) is 0.318. The molecule has 0 spiro atoms. The molecule has 0 aliphatic rings. The number of rotatable bonds is 6. The molecule has 0 unspecified atom stereocenters. The minimum absolute atomic E-state index is 0.0322. The van der Waals surface area contributed by atoms with Crippen LogP contribution in [-0.2, 0) is 10.2 Å². The summed E-state index contributed by atoms with van der Waals surface area (Å²) >= 11 is 0. The van der Waals surface area contributed by atoms with E-state index in [1.165, 1.54) is 6.08 Å². The summed E-state index contributed by atoms with van der Waals surface area (Å²) in [6.45, 7) is 6.36. The number of carbonyl (C=O) groups excluding carboxylic acids is 1. The molecule has 0 saturated carbocycles. The lowest BCUT2D eigenvalue weighted by Crippen LogP contribution is -2.14. The van der Waals surface area contributed by atoms with Gasteiger partial charge < -0.3 is 19.5 Å². The van der Waals surface area contributed by atoms with E-state index in [9.17, 15) is 4.79 Å². The van der Waals surface area contributed by atoms with Crippen molar-refractivity contribution in [3.63, 3.8) is 0 Å². The number of ether oxygens (including phenoxy) is 3. The van der Waals surface area contributed by atoms with Gasteiger partial charge in [0.05, 0.1) is 27.0 Å². The van der Waals surface area contributed by atoms with Crippen LogP contribution in [0.25, 0.3) is 6.08 Å². The van der Waals surface area contributed by atoms with Crippen LogP contribution in [0.2, 0.25) is 0 Å². The fourth-order valence-electron chi connectivity index (χ4n) is 2.58. The van der Waals surface area contributed by atoms with Crippen LogP contribution < -0.4 is 19.5 Å². The molecular formula is C22H27NO4. The Balaban J connectivity index is 2.24. The zero-order valence-corrected chi connectivity index (χ0v) is 16.8. The molecule has 0 bridgehead atoms. The van der Waals surface area contributed by atoms with Gasteiger partial charge in [-0.25, -0.2) is 0 Å². The Morgan fingerprint density at radius 1 is 0.926 bits per heavy atom. The molecule has 144 valence electrons. The molecule has 1 amide bonds. The minimum Gasteiger partial charge on any atom is -0.497 e. The van der Waals surface area contributed by atoms with Crippen molar-refractivity contribution >= 4 is 17.7 Å². The summed E-state index contributed by atoms with van der Waals surface area (Å²) in [5, 5.41) is 2.89. The molecule has 0 heterocycles. The second kappa shape index (κ2) is 8.62. The number of hydrogen-bond acceptors (Lipinski definition) is 4. The normalized spacial score (nSPS) is 11.3. The van der Waals surface area contributed by atoms with E-state index in [2.05, 4.69) is 26.1 Å². The summed E-state index contributed by atoms with van der Waals surface area (Å²) in [5.41, 5.74) is 2.46. The quantitative estimate of drug-likeness (QED) is 0.752. The average molecular weight is 369 g/mol. The summed E-state index contributed by atoms with van der Waals surface area (Å²) in [6, 6.07) is 11.2. The van der Waals surface area contributed by atoms with Gasteiger partial charge in [-0.15, -0.1) is 0 Å². The first-order chi connectivity index (χ1) is 12.8. The maximum Gasteiger partial charge on any atom is 0.248 e. The Bertz CT molecular complexity index is 835. The molecule has 0 radical (unpaired) electrons. The van der Waals surface area contributed by atoms with Gasteiger partial charge in [-0.2, -0.15) is 0 Å². The summed E-state index contributed by atoms with van der Waals surface area (Å²) in [4.78, 5) is 12.4. The highest BCUT2D eigenvalue weighted by atomic mass is 16.5. The van der Waals surface area contributed by atoms with Crippen molar-refractivity contribution in [3.8, 4) is 17.2 Å². The Hall–Kier alpha value is -2.95. The largest absolute Gasteiger partial charge is 0.497 e. The molecule has 1 N–H and O–H groups in total. The number of anilines is 1. The van der Waals surface area contributed by atoms with Crippen molar-refractivity contribution < 1.29 is 19.0 Å². The Morgan fingerprint density at radius 3 is 2.19 bits per heavy atom. The van der Waals surface area contributed by atoms with Crippen LogP contribution in [0.5, 0.6) is 17.2 Å². The number of methoxy groups -OCH3 is 3. The van der Waals surface area contributed by atoms with Crippen LogP contribution >= 0.6 is 0 Å². The van der Waals surface area contributed by atoms with Crippen LogP contribution in [-0.4, -0.2) is 27.2 Å². The van der Waals surface area contributed by atoms with Gasteiger partial charge in [-0.3, -0.25) is 4.79 Å². The Kier molecular flexibility index (Phi) is 6.50. The highest BCUT2D eigenvalue weighted by Gasteiger charge is 2.16. The highest BCUT2D eigenvalue weighted by molar-refractivity contribution is 6.03. The molecule has 0 fully saturated rings. The topological polar surface area (TPSA) is 56.8 Å². The van der Waals surface area contributed by atoms with Crippen LogP contribution in [0.15, 0.2) is 42.5 Å². The second-order valence-corrected chi connectivity index (χ2v) is 7.10. The lowest BCUT2D eigenvalue weighted by Gasteiger charge is -2.21. The molecular weight excluding hydrogens is 342 g/mol. The first-order valence-corrected chi connectivity index (χ1v) is 8.68. The van der Waals surface area contributed by atoms with Gasteiger partial charge in [0.2, 0.25) is 5.91 Å². The van der Waals surface area contributed by atoms with Gasteiger partial charge in [0.1, 0.15) is 17.2 Å². The fourth-order valence-corrected chi connectivity index (χ4v) is 2.58. The van der Waals surface area contributed by atoms with E-state index in [4.69, 9.17) is 14.2 Å². The SMILES string of the molecule is COc1ccc(OC)c(/C=C/C(=O)Nc2cc(C(C)(C)C)ccc2OC)c1. The smallest absolute Gasteiger partial charge is 0.248 e. The molecule has 5 nitrogen and oxygen atoms in total. The first-order valence-electron chi connectivity index (χ1n) is 8.68. The number of benzene rings is 2. The molecule has 0 aromatic heterocycles. The maximum atomic E-state index is 12.4. The molecule has 0 aliphatic heterocycles. The van der Waals surface area contributed by atoms with Crippen LogP contribution in [0.1, 0.15) is 31.9 Å². The predicted octanol–water partition coefficient (Wildman–Crippen LogP) is 4.66. The predicted molar refractivity (Wildman–Crippen MR) is 109 cm³/mol. The molecule has 2 aromatic rings. The minimum atomic E-state index is -0.260. The molecule has 27 heavy (non-hydrogen) atoms. The summed E-state index contributed by atoms with van der Waals surface area (Å²) in [7, 11) is 4.76. The summed E-state index contributed by atoms with van der Waals surface area (Å²) in [5.74, 6) is 1.70. The third-order valence-electron chi connectivity index (χ3n) is 4.17. The van der Waals surface area contributed by atoms with E-state index in [0.29, 0.717) is 22.9 Å². The van der Waals surface area contributed by atoms with Crippen molar-refractivity contribution in [1.82, 2.24) is 0 Å². The number of nitrogens with one attached hydrogen (secondary N) is 1. The van der Waals surface area contributed by atoms with Crippen molar-refractivity contribution in [1.29, 1.82) is 0 Å². The molecule has 2 rings (SSSR count). The van der Waals surface area contributed by atoms with Crippen molar-refractivity contribution in [2.24, 2.45) is 0 Å². The van der Waals surface area contributed by atoms with Gasteiger partial charge >= 0.3 is 0 Å². The average Bonchev–Trinajstić information content (AvgIpc) is 2.65. The lowest BCUT2D eigenvalue weighted by molar-refractivity contribution is -0.111. The molecule has 5 heteroatoms. The third-order valence-corrected chi connectivity index (χ3v) is 4.17. The van der Waals surface area contributed by atoms with E-state index in [0.717, 1.165) is 11.1 Å². The van der Waals surface area contributed by atoms with Crippen molar-refractivity contribution in [2.45, 2.75) is 26.2 Å². The second-order valence-electron chi connectivity index (χ2n) is 7.10. The molecule has 2 aromatic carbocycles. The Morgan fingerprint density at radius 2 is 1.59 bits per heavy atom. The van der Waals surface area contributed by atoms with Gasteiger partial charge in [-0.05, 0) is 47.4 Å². The van der Waals surface area contributed by atoms with E-state index in [-0.39, 0.29) is 11.3 Å². The summed E-state index contributed by atoms with van der Waals surface area (Å²) in [6.07, 6.45) is 3.15. The zero-order valence-electron chi connectivity index (χ0n) is 16.8.